The summed E-state index contributed by atoms with van der Waals surface area (Å²) in [5, 5.41) is 14.6. The number of halogens is 1. The molecule has 0 aliphatic carbocycles. The van der Waals surface area contributed by atoms with Crippen LogP contribution in [0.25, 0.3) is 5.69 Å². The van der Waals surface area contributed by atoms with Crippen molar-refractivity contribution < 1.29 is 4.92 Å². The summed E-state index contributed by atoms with van der Waals surface area (Å²) in [6.45, 7) is 0. The SMILES string of the molecule is Nc1c([N+](=O)[O-])cnn(-c2ccccc2Cl)c1=O. The molecule has 18 heavy (non-hydrogen) atoms. The Balaban J connectivity index is 2.69. The molecule has 0 unspecified atom stereocenters. The number of benzene rings is 1. The van der Waals surface area contributed by atoms with Crippen LogP contribution < -0.4 is 11.3 Å². The zero-order valence-corrected chi connectivity index (χ0v) is 9.66. The summed E-state index contributed by atoms with van der Waals surface area (Å²) in [6, 6.07) is 6.48. The molecule has 0 bridgehead atoms. The molecule has 0 atom stereocenters. The molecule has 7 nitrogen and oxygen atoms in total. The van der Waals surface area contributed by atoms with Gasteiger partial charge in [-0.05, 0) is 12.1 Å². The highest BCUT2D eigenvalue weighted by Crippen LogP contribution is 2.20. The Morgan fingerprint density at radius 3 is 2.67 bits per heavy atom. The van der Waals surface area contributed by atoms with Crippen LogP contribution in [0.3, 0.4) is 0 Å². The molecule has 92 valence electrons. The molecule has 0 aliphatic heterocycles. The molecule has 8 heteroatoms. The molecule has 1 heterocycles. The van der Waals surface area contributed by atoms with Crippen molar-refractivity contribution in [3.8, 4) is 5.69 Å². The van der Waals surface area contributed by atoms with Gasteiger partial charge in [0.2, 0.25) is 0 Å². The molecule has 1 aromatic heterocycles. The first-order valence-corrected chi connectivity index (χ1v) is 5.17. The monoisotopic (exact) mass is 266 g/mol. The van der Waals surface area contributed by atoms with Crippen LogP contribution in [0, 0.1) is 10.1 Å². The van der Waals surface area contributed by atoms with Gasteiger partial charge >= 0.3 is 11.2 Å². The van der Waals surface area contributed by atoms with Crippen LogP contribution in [0.15, 0.2) is 35.3 Å². The summed E-state index contributed by atoms with van der Waals surface area (Å²) in [7, 11) is 0. The highest BCUT2D eigenvalue weighted by Gasteiger charge is 2.18. The van der Waals surface area contributed by atoms with Gasteiger partial charge in [0.25, 0.3) is 0 Å². The zero-order valence-electron chi connectivity index (χ0n) is 8.91. The van der Waals surface area contributed by atoms with Gasteiger partial charge in [-0.3, -0.25) is 14.9 Å². The van der Waals surface area contributed by atoms with Gasteiger partial charge in [-0.1, -0.05) is 23.7 Å². The fraction of sp³-hybridized carbons (Fsp3) is 0. The molecule has 0 saturated carbocycles. The molecule has 1 aromatic carbocycles. The second-order valence-corrected chi connectivity index (χ2v) is 3.78. The lowest BCUT2D eigenvalue weighted by Gasteiger charge is -2.06. The molecule has 2 rings (SSSR count). The summed E-state index contributed by atoms with van der Waals surface area (Å²) in [6.07, 6.45) is 0.917. The molecule has 0 amide bonds. The summed E-state index contributed by atoms with van der Waals surface area (Å²) in [4.78, 5) is 21.7. The third-order valence-corrected chi connectivity index (χ3v) is 2.59. The fourth-order valence-electron chi connectivity index (χ4n) is 1.40. The number of hydrogen-bond acceptors (Lipinski definition) is 5. The predicted octanol–water partition coefficient (Wildman–Crippen LogP) is 1.38. The van der Waals surface area contributed by atoms with E-state index in [4.69, 9.17) is 17.3 Å². The maximum Gasteiger partial charge on any atom is 0.317 e. The second kappa shape index (κ2) is 4.46. The van der Waals surface area contributed by atoms with Crippen molar-refractivity contribution in [1.82, 2.24) is 9.78 Å². The first kappa shape index (κ1) is 12.1. The van der Waals surface area contributed by atoms with E-state index in [1.54, 1.807) is 24.3 Å². The third kappa shape index (κ3) is 1.91. The Hall–Kier alpha value is -2.41. The molecule has 0 radical (unpaired) electrons. The van der Waals surface area contributed by atoms with E-state index in [-0.39, 0.29) is 0 Å². The molecular formula is C10H7ClN4O3. The lowest BCUT2D eigenvalue weighted by Crippen LogP contribution is -2.25. The van der Waals surface area contributed by atoms with E-state index in [1.807, 2.05) is 0 Å². The van der Waals surface area contributed by atoms with Gasteiger partial charge in [-0.2, -0.15) is 9.78 Å². The normalized spacial score (nSPS) is 10.3. The number of hydrogen-bond donors (Lipinski definition) is 1. The van der Waals surface area contributed by atoms with Crippen LogP contribution in [0.2, 0.25) is 5.02 Å². The number of nitrogens with two attached hydrogens (primary N) is 1. The predicted molar refractivity (Wildman–Crippen MR) is 65.9 cm³/mol. The Labute approximate surface area is 106 Å². The zero-order chi connectivity index (χ0) is 13.3. The Morgan fingerprint density at radius 1 is 1.39 bits per heavy atom. The number of aromatic nitrogens is 2. The van der Waals surface area contributed by atoms with Gasteiger partial charge in [0.1, 0.15) is 6.20 Å². The van der Waals surface area contributed by atoms with E-state index >= 15 is 0 Å². The molecule has 0 aliphatic rings. The fourth-order valence-corrected chi connectivity index (χ4v) is 1.61. The summed E-state index contributed by atoms with van der Waals surface area (Å²) < 4.78 is 0.921. The van der Waals surface area contributed by atoms with Crippen LogP contribution in [-0.4, -0.2) is 14.7 Å². The Kier molecular flexibility index (Phi) is 2.99. The van der Waals surface area contributed by atoms with Crippen molar-refractivity contribution in [3.05, 3.63) is 56.0 Å². The lowest BCUT2D eigenvalue weighted by molar-refractivity contribution is -0.384. The molecule has 2 N–H and O–H groups in total. The summed E-state index contributed by atoms with van der Waals surface area (Å²) >= 11 is 5.91. The van der Waals surface area contributed by atoms with Crippen molar-refractivity contribution in [2.24, 2.45) is 0 Å². The largest absolute Gasteiger partial charge is 0.389 e. The smallest absolute Gasteiger partial charge is 0.317 e. The van der Waals surface area contributed by atoms with Crippen LogP contribution in [0.1, 0.15) is 0 Å². The van der Waals surface area contributed by atoms with Crippen molar-refractivity contribution in [2.75, 3.05) is 5.73 Å². The number of para-hydroxylation sites is 1. The number of nitro groups is 1. The van der Waals surface area contributed by atoms with E-state index in [1.165, 1.54) is 0 Å². The van der Waals surface area contributed by atoms with Crippen molar-refractivity contribution in [1.29, 1.82) is 0 Å². The van der Waals surface area contributed by atoms with Gasteiger partial charge in [-0.25, -0.2) is 0 Å². The number of anilines is 1. The topological polar surface area (TPSA) is 104 Å². The number of rotatable bonds is 2. The van der Waals surface area contributed by atoms with Crippen LogP contribution in [0.5, 0.6) is 0 Å². The molecular weight excluding hydrogens is 260 g/mol. The molecule has 2 aromatic rings. The molecule has 0 fully saturated rings. The van der Waals surface area contributed by atoms with Crippen LogP contribution >= 0.6 is 11.6 Å². The maximum absolute atomic E-state index is 11.9. The van der Waals surface area contributed by atoms with Crippen molar-refractivity contribution >= 4 is 23.0 Å². The van der Waals surface area contributed by atoms with Gasteiger partial charge in [-0.15, -0.1) is 0 Å². The summed E-state index contributed by atoms with van der Waals surface area (Å²) in [5.74, 6) is 0. The quantitative estimate of drug-likeness (QED) is 0.653. The first-order valence-electron chi connectivity index (χ1n) is 4.79. The van der Waals surface area contributed by atoms with E-state index in [9.17, 15) is 14.9 Å². The van der Waals surface area contributed by atoms with Gasteiger partial charge in [0.15, 0.2) is 5.69 Å². The lowest BCUT2D eigenvalue weighted by atomic mass is 10.3. The van der Waals surface area contributed by atoms with Crippen LogP contribution in [0.4, 0.5) is 11.4 Å². The number of nitrogens with zero attached hydrogens (tertiary/aromatic N) is 3. The standard InChI is InChI=1S/C10H7ClN4O3/c11-6-3-1-2-4-7(6)14-10(16)9(12)8(5-13-14)15(17)18/h1-5H,12H2. The van der Waals surface area contributed by atoms with Crippen molar-refractivity contribution in [2.45, 2.75) is 0 Å². The van der Waals surface area contributed by atoms with Gasteiger partial charge in [0.05, 0.1) is 15.6 Å². The Morgan fingerprint density at radius 2 is 2.06 bits per heavy atom. The van der Waals surface area contributed by atoms with E-state index in [0.717, 1.165) is 10.9 Å². The second-order valence-electron chi connectivity index (χ2n) is 3.37. The average molecular weight is 267 g/mol. The third-order valence-electron chi connectivity index (χ3n) is 2.27. The van der Waals surface area contributed by atoms with Crippen molar-refractivity contribution in [3.63, 3.8) is 0 Å². The minimum Gasteiger partial charge on any atom is -0.389 e. The van der Waals surface area contributed by atoms with E-state index in [2.05, 4.69) is 5.10 Å². The highest BCUT2D eigenvalue weighted by atomic mass is 35.5. The van der Waals surface area contributed by atoms with Gasteiger partial charge < -0.3 is 5.73 Å². The Bertz CT molecular complexity index is 683. The molecule has 0 saturated heterocycles. The molecule has 0 spiro atoms. The maximum atomic E-state index is 11.9. The van der Waals surface area contributed by atoms with Gasteiger partial charge in [0, 0.05) is 0 Å². The first-order chi connectivity index (χ1) is 8.52. The summed E-state index contributed by atoms with van der Waals surface area (Å²) in [5.41, 5.74) is 3.94. The van der Waals surface area contributed by atoms with E-state index in [0.29, 0.717) is 10.7 Å². The number of nitrogen functional groups attached to an aromatic ring is 1. The van der Waals surface area contributed by atoms with E-state index < -0.39 is 21.9 Å². The highest BCUT2D eigenvalue weighted by molar-refractivity contribution is 6.32. The minimum atomic E-state index is -0.780. The van der Waals surface area contributed by atoms with Crippen LogP contribution in [-0.2, 0) is 0 Å². The minimum absolute atomic E-state index is 0.292. The average Bonchev–Trinajstić information content (AvgIpc) is 2.33.